The number of carbonyl (C=O) groups excluding carboxylic acids is 1. The lowest BCUT2D eigenvalue weighted by molar-refractivity contribution is -0.135. The van der Waals surface area contributed by atoms with Gasteiger partial charge in [-0.05, 0) is 49.9 Å². The zero-order chi connectivity index (χ0) is 17.6. The van der Waals surface area contributed by atoms with Gasteiger partial charge in [-0.15, -0.1) is 0 Å². The zero-order valence-corrected chi connectivity index (χ0v) is 14.6. The van der Waals surface area contributed by atoms with E-state index in [0.717, 1.165) is 25.0 Å². The Hall–Kier alpha value is -2.28. The molecule has 2 aromatic rings. The van der Waals surface area contributed by atoms with Crippen molar-refractivity contribution in [3.05, 3.63) is 45.6 Å². The summed E-state index contributed by atoms with van der Waals surface area (Å²) in [6, 6.07) is 6.99. The van der Waals surface area contributed by atoms with Gasteiger partial charge < -0.3 is 9.64 Å². The minimum Gasteiger partial charge on any atom is -0.494 e. The highest BCUT2D eigenvalue weighted by atomic mass is 35.5. The number of hydrogen-bond donors (Lipinski definition) is 2. The van der Waals surface area contributed by atoms with E-state index in [2.05, 4.69) is 15.2 Å². The quantitative estimate of drug-likeness (QED) is 0.771. The average Bonchev–Trinajstić information content (AvgIpc) is 3.06. The van der Waals surface area contributed by atoms with E-state index in [1.165, 1.54) is 0 Å². The van der Waals surface area contributed by atoms with Gasteiger partial charge in [0.15, 0.2) is 5.82 Å². The van der Waals surface area contributed by atoms with Gasteiger partial charge in [0, 0.05) is 18.0 Å². The number of ether oxygens (including phenoxy) is 1. The normalized spacial score (nSPS) is 17.5. The number of nitrogens with zero attached hydrogens (tertiary/aromatic N) is 2. The van der Waals surface area contributed by atoms with Gasteiger partial charge in [-0.1, -0.05) is 11.6 Å². The summed E-state index contributed by atoms with van der Waals surface area (Å²) in [5.41, 5.74) is -0.343. The molecule has 0 saturated carbocycles. The van der Waals surface area contributed by atoms with Gasteiger partial charge >= 0.3 is 5.69 Å². The molecule has 0 aliphatic carbocycles. The number of aromatic amines is 2. The van der Waals surface area contributed by atoms with E-state index in [-0.39, 0.29) is 17.6 Å². The summed E-state index contributed by atoms with van der Waals surface area (Å²) >= 11 is 5.83. The first kappa shape index (κ1) is 17.5. The Balaban J connectivity index is 1.50. The first-order valence-corrected chi connectivity index (χ1v) is 8.84. The minimum atomic E-state index is -0.343. The van der Waals surface area contributed by atoms with E-state index in [9.17, 15) is 9.59 Å². The number of rotatable bonds is 6. The smallest absolute Gasteiger partial charge is 0.340 e. The molecule has 0 unspecified atom stereocenters. The first-order chi connectivity index (χ1) is 12.1. The maximum Gasteiger partial charge on any atom is 0.340 e. The summed E-state index contributed by atoms with van der Waals surface area (Å²) in [6.45, 7) is 1.15. The minimum absolute atomic E-state index is 0.0632. The van der Waals surface area contributed by atoms with Crippen LogP contribution in [0, 0.1) is 0 Å². The number of hydrogen-bond acceptors (Lipinski definition) is 4. The van der Waals surface area contributed by atoms with Gasteiger partial charge in [0.05, 0.1) is 12.6 Å². The highest BCUT2D eigenvalue weighted by molar-refractivity contribution is 6.30. The van der Waals surface area contributed by atoms with Crippen LogP contribution >= 0.6 is 11.6 Å². The molecular formula is C17H21ClN4O3. The predicted octanol–water partition coefficient (Wildman–Crippen LogP) is 2.66. The zero-order valence-electron chi connectivity index (χ0n) is 13.8. The Morgan fingerprint density at radius 3 is 2.84 bits per heavy atom. The number of halogens is 1. The van der Waals surface area contributed by atoms with Crippen molar-refractivity contribution >= 4 is 17.5 Å². The molecule has 1 fully saturated rings. The summed E-state index contributed by atoms with van der Waals surface area (Å²) < 4.78 is 5.62. The number of piperidine rings is 1. The molecule has 0 radical (unpaired) electrons. The standard InChI is InChI=1S/C17H21ClN4O3/c18-12-6-8-13(9-7-12)25-11-3-5-15(23)22-10-2-1-4-14(22)16-19-17(24)21-20-16/h6-9,14H,1-5,10-11H2,(H2,19,20,21,24)/t14-/m1/s1. The van der Waals surface area contributed by atoms with Crippen molar-refractivity contribution in [1.82, 2.24) is 20.1 Å². The van der Waals surface area contributed by atoms with Crippen LogP contribution in [0.3, 0.4) is 0 Å². The molecule has 0 bridgehead atoms. The lowest BCUT2D eigenvalue weighted by Crippen LogP contribution is -2.39. The Labute approximate surface area is 150 Å². The van der Waals surface area contributed by atoms with Crippen LogP contribution in [0.2, 0.25) is 5.02 Å². The second kappa shape index (κ2) is 8.20. The molecule has 0 spiro atoms. The number of carbonyl (C=O) groups is 1. The number of aromatic nitrogens is 3. The van der Waals surface area contributed by atoms with Crippen LogP contribution in [0.5, 0.6) is 5.75 Å². The van der Waals surface area contributed by atoms with Crippen molar-refractivity contribution in [3.63, 3.8) is 0 Å². The average molecular weight is 365 g/mol. The third-order valence-corrected chi connectivity index (χ3v) is 4.53. The topological polar surface area (TPSA) is 91.1 Å². The Kier molecular flexibility index (Phi) is 5.75. The van der Waals surface area contributed by atoms with Gasteiger partial charge in [0.2, 0.25) is 5.91 Å². The molecule has 1 amide bonds. The van der Waals surface area contributed by atoms with Crippen LogP contribution in [0.15, 0.2) is 29.1 Å². The van der Waals surface area contributed by atoms with Crippen LogP contribution in [0.1, 0.15) is 44.0 Å². The van der Waals surface area contributed by atoms with E-state index in [1.54, 1.807) is 24.3 Å². The largest absolute Gasteiger partial charge is 0.494 e. The fraction of sp³-hybridized carbons (Fsp3) is 0.471. The monoisotopic (exact) mass is 364 g/mol. The Bertz CT molecular complexity index is 756. The second-order valence-corrected chi connectivity index (χ2v) is 6.50. The summed E-state index contributed by atoms with van der Waals surface area (Å²) in [7, 11) is 0. The molecule has 3 rings (SSSR count). The van der Waals surface area contributed by atoms with Crippen molar-refractivity contribution in [2.75, 3.05) is 13.2 Å². The third kappa shape index (κ3) is 4.63. The van der Waals surface area contributed by atoms with E-state index < -0.39 is 0 Å². The van der Waals surface area contributed by atoms with Crippen LogP contribution < -0.4 is 10.4 Å². The highest BCUT2D eigenvalue weighted by Gasteiger charge is 2.29. The SMILES string of the molecule is O=C(CCCOc1ccc(Cl)cc1)N1CCCC[C@@H]1c1n[nH]c(=O)[nH]1. The summed E-state index contributed by atoms with van der Waals surface area (Å²) in [5.74, 6) is 1.34. The number of amides is 1. The number of nitrogens with one attached hydrogen (secondary N) is 2. The fourth-order valence-electron chi connectivity index (χ4n) is 3.04. The van der Waals surface area contributed by atoms with Crippen molar-refractivity contribution < 1.29 is 9.53 Å². The lowest BCUT2D eigenvalue weighted by Gasteiger charge is -2.34. The number of likely N-dealkylation sites (tertiary alicyclic amines) is 1. The maximum atomic E-state index is 12.6. The molecule has 1 saturated heterocycles. The molecule has 25 heavy (non-hydrogen) atoms. The van der Waals surface area contributed by atoms with Crippen molar-refractivity contribution in [2.45, 2.75) is 38.1 Å². The van der Waals surface area contributed by atoms with Crippen LogP contribution in [0.4, 0.5) is 0 Å². The van der Waals surface area contributed by atoms with Crippen LogP contribution in [0.25, 0.3) is 0 Å². The van der Waals surface area contributed by atoms with Crippen molar-refractivity contribution in [3.8, 4) is 5.75 Å². The molecule has 1 aromatic heterocycles. The predicted molar refractivity (Wildman–Crippen MR) is 93.7 cm³/mol. The molecule has 1 aliphatic rings. The van der Waals surface area contributed by atoms with E-state index >= 15 is 0 Å². The van der Waals surface area contributed by atoms with Gasteiger partial charge in [0.1, 0.15) is 5.75 Å². The Morgan fingerprint density at radius 2 is 2.12 bits per heavy atom. The van der Waals surface area contributed by atoms with Gasteiger partial charge in [0.25, 0.3) is 0 Å². The molecule has 8 heteroatoms. The lowest BCUT2D eigenvalue weighted by atomic mass is 10.0. The van der Waals surface area contributed by atoms with Crippen molar-refractivity contribution in [2.24, 2.45) is 0 Å². The van der Waals surface area contributed by atoms with Crippen LogP contribution in [-0.2, 0) is 4.79 Å². The van der Waals surface area contributed by atoms with E-state index in [4.69, 9.17) is 16.3 Å². The van der Waals surface area contributed by atoms with E-state index in [0.29, 0.717) is 36.8 Å². The number of benzene rings is 1. The second-order valence-electron chi connectivity index (χ2n) is 6.07. The Morgan fingerprint density at radius 1 is 1.32 bits per heavy atom. The molecule has 1 aromatic carbocycles. The maximum absolute atomic E-state index is 12.6. The molecular weight excluding hydrogens is 344 g/mol. The molecule has 1 atom stereocenters. The summed E-state index contributed by atoms with van der Waals surface area (Å²) in [4.78, 5) is 28.3. The van der Waals surface area contributed by atoms with E-state index in [1.807, 2.05) is 4.90 Å². The summed E-state index contributed by atoms with van der Waals surface area (Å²) in [6.07, 6.45) is 3.83. The van der Waals surface area contributed by atoms with Crippen molar-refractivity contribution in [1.29, 1.82) is 0 Å². The molecule has 2 heterocycles. The molecule has 134 valence electrons. The van der Waals surface area contributed by atoms with Crippen LogP contribution in [-0.4, -0.2) is 39.1 Å². The molecule has 7 nitrogen and oxygen atoms in total. The molecule has 2 N–H and O–H groups in total. The van der Waals surface area contributed by atoms with Gasteiger partial charge in [-0.25, -0.2) is 9.89 Å². The number of H-pyrrole nitrogens is 2. The first-order valence-electron chi connectivity index (χ1n) is 8.46. The third-order valence-electron chi connectivity index (χ3n) is 4.28. The molecule has 1 aliphatic heterocycles. The van der Waals surface area contributed by atoms with Gasteiger partial charge in [-0.3, -0.25) is 9.78 Å². The van der Waals surface area contributed by atoms with Gasteiger partial charge in [-0.2, -0.15) is 5.10 Å². The highest BCUT2D eigenvalue weighted by Crippen LogP contribution is 2.28. The summed E-state index contributed by atoms with van der Waals surface area (Å²) in [5, 5.41) is 7.03. The fourth-order valence-corrected chi connectivity index (χ4v) is 3.17.